The largest absolute Gasteiger partial charge is 0.454 e. The zero-order valence-electron chi connectivity index (χ0n) is 9.48. The molecule has 0 radical (unpaired) electrons. The van der Waals surface area contributed by atoms with Crippen molar-refractivity contribution in [1.82, 2.24) is 0 Å². The maximum atomic E-state index is 11.4. The number of rotatable bonds is 3. The minimum absolute atomic E-state index is 0.113. The summed E-state index contributed by atoms with van der Waals surface area (Å²) in [5, 5.41) is 0. The van der Waals surface area contributed by atoms with Crippen LogP contribution in [0.25, 0.3) is 0 Å². The molecule has 2 rings (SSSR count). The van der Waals surface area contributed by atoms with Gasteiger partial charge >= 0.3 is 5.97 Å². The molecular formula is C14H16O2. The summed E-state index contributed by atoms with van der Waals surface area (Å²) in [7, 11) is 0. The standard InChI is InChI=1S/C14H16O2/c1-3-11(2)14(10-9-13(15)16-14)12-7-5-4-6-8-12/h3-8,11H,1,9-10H2,2H3. The first kappa shape index (κ1) is 10.9. The van der Waals surface area contributed by atoms with E-state index in [1.807, 2.05) is 43.3 Å². The van der Waals surface area contributed by atoms with Crippen LogP contribution in [0.5, 0.6) is 0 Å². The van der Waals surface area contributed by atoms with E-state index < -0.39 is 5.60 Å². The molecule has 0 bridgehead atoms. The van der Waals surface area contributed by atoms with E-state index in [1.54, 1.807) is 0 Å². The van der Waals surface area contributed by atoms with Gasteiger partial charge in [-0.1, -0.05) is 43.3 Å². The smallest absolute Gasteiger partial charge is 0.306 e. The van der Waals surface area contributed by atoms with Gasteiger partial charge in [-0.3, -0.25) is 4.79 Å². The van der Waals surface area contributed by atoms with Crippen molar-refractivity contribution in [2.45, 2.75) is 25.4 Å². The number of esters is 1. The highest BCUT2D eigenvalue weighted by Gasteiger charge is 2.45. The Morgan fingerprint density at radius 2 is 2.12 bits per heavy atom. The summed E-state index contributed by atoms with van der Waals surface area (Å²) < 4.78 is 5.58. The van der Waals surface area contributed by atoms with Crippen LogP contribution in [-0.4, -0.2) is 5.97 Å². The lowest BCUT2D eigenvalue weighted by Crippen LogP contribution is -2.32. The molecule has 2 atom stereocenters. The Kier molecular flexibility index (Phi) is 2.82. The third kappa shape index (κ3) is 1.64. The Morgan fingerprint density at radius 3 is 2.62 bits per heavy atom. The quantitative estimate of drug-likeness (QED) is 0.573. The molecule has 0 N–H and O–H groups in total. The van der Waals surface area contributed by atoms with Crippen molar-refractivity contribution in [2.24, 2.45) is 5.92 Å². The van der Waals surface area contributed by atoms with Crippen LogP contribution in [0.2, 0.25) is 0 Å². The van der Waals surface area contributed by atoms with E-state index in [0.29, 0.717) is 6.42 Å². The normalized spacial score (nSPS) is 26.2. The van der Waals surface area contributed by atoms with Gasteiger partial charge < -0.3 is 4.74 Å². The lowest BCUT2D eigenvalue weighted by molar-refractivity contribution is -0.152. The van der Waals surface area contributed by atoms with E-state index in [1.165, 1.54) is 0 Å². The minimum Gasteiger partial charge on any atom is -0.454 e. The van der Waals surface area contributed by atoms with Crippen LogP contribution in [0.3, 0.4) is 0 Å². The maximum Gasteiger partial charge on any atom is 0.306 e. The van der Waals surface area contributed by atoms with Crippen LogP contribution < -0.4 is 0 Å². The van der Waals surface area contributed by atoms with Gasteiger partial charge in [-0.2, -0.15) is 0 Å². The number of ether oxygens (including phenoxy) is 1. The van der Waals surface area contributed by atoms with Crippen molar-refractivity contribution < 1.29 is 9.53 Å². The monoisotopic (exact) mass is 216 g/mol. The molecule has 0 aromatic heterocycles. The van der Waals surface area contributed by atoms with Crippen LogP contribution in [0, 0.1) is 5.92 Å². The highest BCUT2D eigenvalue weighted by atomic mass is 16.6. The molecule has 2 heteroatoms. The Labute approximate surface area is 95.9 Å². The predicted molar refractivity (Wildman–Crippen MR) is 62.8 cm³/mol. The first-order valence-electron chi connectivity index (χ1n) is 5.59. The third-order valence-electron chi connectivity index (χ3n) is 3.35. The molecule has 1 aromatic rings. The molecular weight excluding hydrogens is 200 g/mol. The summed E-state index contributed by atoms with van der Waals surface area (Å²) in [5.74, 6) is 0.0129. The number of hydrogen-bond acceptors (Lipinski definition) is 2. The SMILES string of the molecule is C=CC(C)C1(c2ccccc2)CCC(=O)O1. The molecule has 1 aromatic carbocycles. The average molecular weight is 216 g/mol. The second-order valence-electron chi connectivity index (χ2n) is 4.25. The fraction of sp³-hybridized carbons (Fsp3) is 0.357. The van der Waals surface area contributed by atoms with Gasteiger partial charge in [0.1, 0.15) is 5.60 Å². The number of cyclic esters (lactones) is 1. The molecule has 0 saturated carbocycles. The second-order valence-corrected chi connectivity index (χ2v) is 4.25. The van der Waals surface area contributed by atoms with Gasteiger partial charge in [0.2, 0.25) is 0 Å². The van der Waals surface area contributed by atoms with Gasteiger partial charge in [-0.05, 0) is 5.56 Å². The molecule has 84 valence electrons. The molecule has 1 aliphatic rings. The molecule has 2 unspecified atom stereocenters. The summed E-state index contributed by atoms with van der Waals surface area (Å²) >= 11 is 0. The van der Waals surface area contributed by atoms with E-state index in [4.69, 9.17) is 4.74 Å². The lowest BCUT2D eigenvalue weighted by Gasteiger charge is -2.32. The van der Waals surface area contributed by atoms with Crippen molar-refractivity contribution in [3.8, 4) is 0 Å². The topological polar surface area (TPSA) is 26.3 Å². The maximum absolute atomic E-state index is 11.4. The fourth-order valence-electron chi connectivity index (χ4n) is 2.29. The number of carbonyl (C=O) groups excluding carboxylic acids is 1. The molecule has 1 saturated heterocycles. The summed E-state index contributed by atoms with van der Waals surface area (Å²) in [6.07, 6.45) is 3.09. The summed E-state index contributed by atoms with van der Waals surface area (Å²) in [6.45, 7) is 5.85. The van der Waals surface area contributed by atoms with Gasteiger partial charge in [0.15, 0.2) is 0 Å². The predicted octanol–water partition coefficient (Wildman–Crippen LogP) is 3.04. The Balaban J connectivity index is 2.43. The van der Waals surface area contributed by atoms with E-state index in [2.05, 4.69) is 6.58 Å². The molecule has 0 aliphatic carbocycles. The van der Waals surface area contributed by atoms with Crippen molar-refractivity contribution >= 4 is 5.97 Å². The average Bonchev–Trinajstić information content (AvgIpc) is 2.73. The van der Waals surface area contributed by atoms with Crippen LogP contribution in [0.1, 0.15) is 25.3 Å². The Hall–Kier alpha value is -1.57. The molecule has 2 nitrogen and oxygen atoms in total. The van der Waals surface area contributed by atoms with Gasteiger partial charge in [-0.25, -0.2) is 0 Å². The van der Waals surface area contributed by atoms with E-state index in [0.717, 1.165) is 12.0 Å². The Morgan fingerprint density at radius 1 is 1.44 bits per heavy atom. The van der Waals surface area contributed by atoms with Crippen molar-refractivity contribution in [1.29, 1.82) is 0 Å². The van der Waals surface area contributed by atoms with Crippen LogP contribution in [0.4, 0.5) is 0 Å². The van der Waals surface area contributed by atoms with Gasteiger partial charge in [0.25, 0.3) is 0 Å². The zero-order chi connectivity index (χ0) is 11.6. The van der Waals surface area contributed by atoms with Gasteiger partial charge in [-0.15, -0.1) is 6.58 Å². The summed E-state index contributed by atoms with van der Waals surface area (Å²) in [6, 6.07) is 9.93. The van der Waals surface area contributed by atoms with Gasteiger partial charge in [0, 0.05) is 18.8 Å². The highest BCUT2D eigenvalue weighted by molar-refractivity contribution is 5.72. The molecule has 0 amide bonds. The highest BCUT2D eigenvalue weighted by Crippen LogP contribution is 2.43. The molecule has 1 aliphatic heterocycles. The van der Waals surface area contributed by atoms with E-state index in [-0.39, 0.29) is 11.9 Å². The van der Waals surface area contributed by atoms with Crippen LogP contribution >= 0.6 is 0 Å². The van der Waals surface area contributed by atoms with E-state index in [9.17, 15) is 4.79 Å². The molecule has 1 heterocycles. The number of carbonyl (C=O) groups is 1. The Bertz CT molecular complexity index is 396. The van der Waals surface area contributed by atoms with Gasteiger partial charge in [0.05, 0.1) is 0 Å². The van der Waals surface area contributed by atoms with Crippen molar-refractivity contribution in [3.05, 3.63) is 48.6 Å². The summed E-state index contributed by atoms with van der Waals surface area (Å²) in [5.41, 5.74) is 0.563. The zero-order valence-corrected chi connectivity index (χ0v) is 9.48. The first-order chi connectivity index (χ1) is 7.69. The number of hydrogen-bond donors (Lipinski definition) is 0. The third-order valence-corrected chi connectivity index (χ3v) is 3.35. The lowest BCUT2D eigenvalue weighted by atomic mass is 9.80. The first-order valence-corrected chi connectivity index (χ1v) is 5.59. The number of benzene rings is 1. The van der Waals surface area contributed by atoms with E-state index >= 15 is 0 Å². The molecule has 16 heavy (non-hydrogen) atoms. The second kappa shape index (κ2) is 4.12. The van der Waals surface area contributed by atoms with Crippen LogP contribution in [0.15, 0.2) is 43.0 Å². The van der Waals surface area contributed by atoms with Crippen LogP contribution in [-0.2, 0) is 15.1 Å². The van der Waals surface area contributed by atoms with Crippen molar-refractivity contribution in [2.75, 3.05) is 0 Å². The minimum atomic E-state index is -0.500. The molecule has 0 spiro atoms. The molecule has 1 fully saturated rings. The van der Waals surface area contributed by atoms with Crippen molar-refractivity contribution in [3.63, 3.8) is 0 Å². The summed E-state index contributed by atoms with van der Waals surface area (Å²) in [4.78, 5) is 11.4. The fourth-order valence-corrected chi connectivity index (χ4v) is 2.29.